The number of hydrogen-bond acceptors (Lipinski definition) is 4. The van der Waals surface area contributed by atoms with Gasteiger partial charge in [0.25, 0.3) is 0 Å². The standard InChI is InChI=1S/C15H21BrN2O3/c1-20-13-5-11(12(16)6-14(13)21-2)8-18-15(19)9-17-7-10-3-4-10/h5-6,10,17H,3-4,7-9H2,1-2H3,(H,18,19). The van der Waals surface area contributed by atoms with Crippen LogP contribution in [0.15, 0.2) is 16.6 Å². The van der Waals surface area contributed by atoms with Crippen LogP contribution in [0.1, 0.15) is 18.4 Å². The van der Waals surface area contributed by atoms with E-state index in [1.54, 1.807) is 14.2 Å². The maximum Gasteiger partial charge on any atom is 0.234 e. The fraction of sp³-hybridized carbons (Fsp3) is 0.533. The molecule has 1 fully saturated rings. The van der Waals surface area contributed by atoms with Gasteiger partial charge in [0.1, 0.15) is 0 Å². The molecule has 0 aromatic heterocycles. The number of methoxy groups -OCH3 is 2. The van der Waals surface area contributed by atoms with E-state index in [4.69, 9.17) is 9.47 Å². The Morgan fingerprint density at radius 2 is 1.95 bits per heavy atom. The van der Waals surface area contributed by atoms with Crippen LogP contribution < -0.4 is 20.1 Å². The van der Waals surface area contributed by atoms with E-state index in [1.807, 2.05) is 12.1 Å². The molecular formula is C15H21BrN2O3. The summed E-state index contributed by atoms with van der Waals surface area (Å²) in [6, 6.07) is 3.70. The van der Waals surface area contributed by atoms with Crippen molar-refractivity contribution in [1.82, 2.24) is 10.6 Å². The van der Waals surface area contributed by atoms with Crippen molar-refractivity contribution < 1.29 is 14.3 Å². The van der Waals surface area contributed by atoms with Gasteiger partial charge in [-0.15, -0.1) is 0 Å². The molecule has 2 N–H and O–H groups in total. The van der Waals surface area contributed by atoms with Gasteiger partial charge in [-0.25, -0.2) is 0 Å². The first kappa shape index (κ1) is 16.1. The van der Waals surface area contributed by atoms with Crippen LogP contribution in [-0.4, -0.2) is 33.2 Å². The molecule has 1 saturated carbocycles. The van der Waals surface area contributed by atoms with Crippen LogP contribution in [0.5, 0.6) is 11.5 Å². The van der Waals surface area contributed by atoms with E-state index in [-0.39, 0.29) is 5.91 Å². The second-order valence-electron chi connectivity index (χ2n) is 5.15. The first-order valence-corrected chi connectivity index (χ1v) is 7.81. The molecule has 5 nitrogen and oxygen atoms in total. The van der Waals surface area contributed by atoms with Crippen LogP contribution in [0.25, 0.3) is 0 Å². The number of ether oxygens (including phenoxy) is 2. The summed E-state index contributed by atoms with van der Waals surface area (Å²) in [6.07, 6.45) is 2.57. The fourth-order valence-corrected chi connectivity index (χ4v) is 2.46. The van der Waals surface area contributed by atoms with Crippen molar-refractivity contribution >= 4 is 21.8 Å². The third-order valence-corrected chi connectivity index (χ3v) is 4.18. The molecule has 21 heavy (non-hydrogen) atoms. The Kier molecular flexibility index (Phi) is 5.87. The van der Waals surface area contributed by atoms with Crippen molar-refractivity contribution in [2.24, 2.45) is 5.92 Å². The van der Waals surface area contributed by atoms with E-state index in [1.165, 1.54) is 12.8 Å². The molecule has 116 valence electrons. The van der Waals surface area contributed by atoms with Crippen LogP contribution in [0.4, 0.5) is 0 Å². The lowest BCUT2D eigenvalue weighted by Gasteiger charge is -2.12. The highest BCUT2D eigenvalue weighted by Gasteiger charge is 2.20. The van der Waals surface area contributed by atoms with Crippen molar-refractivity contribution in [3.05, 3.63) is 22.2 Å². The zero-order valence-corrected chi connectivity index (χ0v) is 14.0. The minimum atomic E-state index is -0.00247. The second kappa shape index (κ2) is 7.66. The maximum atomic E-state index is 11.8. The van der Waals surface area contributed by atoms with Gasteiger partial charge in [-0.3, -0.25) is 4.79 Å². The quantitative estimate of drug-likeness (QED) is 0.748. The molecule has 0 bridgehead atoms. The van der Waals surface area contributed by atoms with Crippen LogP contribution >= 0.6 is 15.9 Å². The highest BCUT2D eigenvalue weighted by molar-refractivity contribution is 9.10. The summed E-state index contributed by atoms with van der Waals surface area (Å²) in [7, 11) is 3.19. The fourth-order valence-electron chi connectivity index (χ4n) is 2.00. The van der Waals surface area contributed by atoms with Crippen molar-refractivity contribution in [3.63, 3.8) is 0 Å². The number of amides is 1. The van der Waals surface area contributed by atoms with Crippen LogP contribution in [0, 0.1) is 5.92 Å². The molecule has 2 rings (SSSR count). The Morgan fingerprint density at radius 1 is 1.29 bits per heavy atom. The van der Waals surface area contributed by atoms with Gasteiger partial charge in [-0.1, -0.05) is 15.9 Å². The summed E-state index contributed by atoms with van der Waals surface area (Å²) < 4.78 is 11.4. The third kappa shape index (κ3) is 4.89. The molecule has 1 aromatic carbocycles. The molecular weight excluding hydrogens is 336 g/mol. The summed E-state index contributed by atoms with van der Waals surface area (Å²) in [5.74, 6) is 2.08. The van der Waals surface area contributed by atoms with Gasteiger partial charge in [-0.2, -0.15) is 0 Å². The lowest BCUT2D eigenvalue weighted by Crippen LogP contribution is -2.34. The van der Waals surface area contributed by atoms with Crippen LogP contribution in [0.3, 0.4) is 0 Å². The van der Waals surface area contributed by atoms with Gasteiger partial charge in [0.05, 0.1) is 20.8 Å². The van der Waals surface area contributed by atoms with Crippen molar-refractivity contribution in [3.8, 4) is 11.5 Å². The lowest BCUT2D eigenvalue weighted by molar-refractivity contribution is -0.120. The second-order valence-corrected chi connectivity index (χ2v) is 6.00. The third-order valence-electron chi connectivity index (χ3n) is 3.44. The summed E-state index contributed by atoms with van der Waals surface area (Å²) in [6.45, 7) is 1.75. The smallest absolute Gasteiger partial charge is 0.234 e. The average Bonchev–Trinajstić information content (AvgIpc) is 3.29. The Hall–Kier alpha value is -1.27. The Balaban J connectivity index is 1.84. The first-order chi connectivity index (χ1) is 10.1. The molecule has 0 atom stereocenters. The molecule has 0 heterocycles. The van der Waals surface area contributed by atoms with E-state index in [9.17, 15) is 4.79 Å². The van der Waals surface area contributed by atoms with Gasteiger partial charge >= 0.3 is 0 Å². The van der Waals surface area contributed by atoms with E-state index in [2.05, 4.69) is 26.6 Å². The highest BCUT2D eigenvalue weighted by atomic mass is 79.9. The number of carbonyl (C=O) groups is 1. The topological polar surface area (TPSA) is 59.6 Å². The first-order valence-electron chi connectivity index (χ1n) is 7.02. The zero-order valence-electron chi connectivity index (χ0n) is 12.4. The summed E-state index contributed by atoms with van der Waals surface area (Å²) in [5, 5.41) is 6.07. The summed E-state index contributed by atoms with van der Waals surface area (Å²) >= 11 is 3.48. The van der Waals surface area contributed by atoms with Gasteiger partial charge in [0.15, 0.2) is 11.5 Å². The van der Waals surface area contributed by atoms with E-state index in [0.29, 0.717) is 24.6 Å². The molecule has 0 radical (unpaired) electrons. The van der Waals surface area contributed by atoms with Crippen molar-refractivity contribution in [2.45, 2.75) is 19.4 Å². The average molecular weight is 357 g/mol. The molecule has 0 saturated heterocycles. The normalized spacial score (nSPS) is 13.9. The molecule has 6 heteroatoms. The van der Waals surface area contributed by atoms with Crippen molar-refractivity contribution in [1.29, 1.82) is 0 Å². The van der Waals surface area contributed by atoms with Gasteiger partial charge in [-0.05, 0) is 43.0 Å². The minimum absolute atomic E-state index is 0.00247. The maximum absolute atomic E-state index is 11.8. The molecule has 0 unspecified atom stereocenters. The predicted octanol–water partition coefficient (Wildman–Crippen LogP) is 2.08. The number of carbonyl (C=O) groups excluding carboxylic acids is 1. The van der Waals surface area contributed by atoms with Crippen LogP contribution in [0.2, 0.25) is 0 Å². The monoisotopic (exact) mass is 356 g/mol. The van der Waals surface area contributed by atoms with E-state index in [0.717, 1.165) is 22.5 Å². The minimum Gasteiger partial charge on any atom is -0.493 e. The van der Waals surface area contributed by atoms with E-state index < -0.39 is 0 Å². The van der Waals surface area contributed by atoms with Gasteiger partial charge < -0.3 is 20.1 Å². The summed E-state index contributed by atoms with van der Waals surface area (Å²) in [4.78, 5) is 11.8. The summed E-state index contributed by atoms with van der Waals surface area (Å²) in [5.41, 5.74) is 0.947. The largest absolute Gasteiger partial charge is 0.493 e. The molecule has 1 aromatic rings. The number of halogens is 1. The molecule has 1 aliphatic carbocycles. The highest BCUT2D eigenvalue weighted by Crippen LogP contribution is 2.33. The van der Waals surface area contributed by atoms with Crippen LogP contribution in [-0.2, 0) is 11.3 Å². The number of nitrogens with one attached hydrogen (secondary N) is 2. The van der Waals surface area contributed by atoms with E-state index >= 15 is 0 Å². The number of hydrogen-bond donors (Lipinski definition) is 2. The molecule has 0 aliphatic heterocycles. The molecule has 1 amide bonds. The Morgan fingerprint density at radius 3 is 2.57 bits per heavy atom. The number of benzene rings is 1. The predicted molar refractivity (Wildman–Crippen MR) is 84.7 cm³/mol. The number of rotatable bonds is 8. The van der Waals surface area contributed by atoms with Gasteiger partial charge in [0, 0.05) is 11.0 Å². The zero-order chi connectivity index (χ0) is 15.2. The molecule has 0 spiro atoms. The Labute approximate surface area is 133 Å². The van der Waals surface area contributed by atoms with Crippen molar-refractivity contribution in [2.75, 3.05) is 27.3 Å². The SMILES string of the molecule is COc1cc(Br)c(CNC(=O)CNCC2CC2)cc1OC. The van der Waals surface area contributed by atoms with Gasteiger partial charge in [0.2, 0.25) is 5.91 Å². The lowest BCUT2D eigenvalue weighted by atomic mass is 10.2. The molecule has 1 aliphatic rings. The Bertz CT molecular complexity index is 504.